The lowest BCUT2D eigenvalue weighted by atomic mass is 9.78. The zero-order chi connectivity index (χ0) is 55.4. The first-order valence-electron chi connectivity index (χ1n) is 25.6. The summed E-state index contributed by atoms with van der Waals surface area (Å²) in [5.74, 6) is 0.227. The van der Waals surface area contributed by atoms with Crippen molar-refractivity contribution in [3.63, 3.8) is 0 Å². The number of esters is 1. The van der Waals surface area contributed by atoms with E-state index in [4.69, 9.17) is 9.47 Å². The Bertz CT molecular complexity index is 3460. The number of nitrogens with one attached hydrogen (secondary N) is 1. The lowest BCUT2D eigenvalue weighted by Gasteiger charge is -2.39. The maximum atomic E-state index is 16.2. The zero-order valence-corrected chi connectivity index (χ0v) is 45.2. The Balaban J connectivity index is 1.11. The van der Waals surface area contributed by atoms with Gasteiger partial charge in [-0.3, -0.25) is 9.59 Å². The highest BCUT2D eigenvalue weighted by Crippen LogP contribution is 2.45. The van der Waals surface area contributed by atoms with Crippen LogP contribution in [0.15, 0.2) is 150 Å². The molecule has 0 saturated heterocycles. The molecule has 0 spiro atoms. The van der Waals surface area contributed by atoms with Gasteiger partial charge in [-0.1, -0.05) is 128 Å². The van der Waals surface area contributed by atoms with E-state index in [0.717, 1.165) is 50.0 Å². The Kier molecular flexibility index (Phi) is 14.8. The zero-order valence-electron chi connectivity index (χ0n) is 45.2. The van der Waals surface area contributed by atoms with E-state index in [1.54, 1.807) is 56.5 Å². The number of alkyl halides is 3. The Morgan fingerprint density at radius 3 is 2.07 bits per heavy atom. The first-order valence-corrected chi connectivity index (χ1v) is 25.6. The number of allylic oxidation sites excluding steroid dienone is 4. The summed E-state index contributed by atoms with van der Waals surface area (Å²) < 4.78 is 86.9. The SMILES string of the molecule is C=C/C(=C\C(=C(C)C1=C[N+](=C(C)C)[B-](F)(F)N2CCC(C)=C12)c1cc(C(C)(C)C)cc(C(C)(C)C)c1)OC(=O)Cc1ccc(NC(=O)c2cc(-c3ccc(C(F)(F)F)cc3)c3c(c2=C)=C(CC)Oc2ccccc2-3)cc1. The molecular weight excluding hydrogens is 969 g/mol. The van der Waals surface area contributed by atoms with Gasteiger partial charge in [-0.15, -0.1) is 0 Å². The minimum atomic E-state index is -4.53. The molecule has 0 bridgehead atoms. The number of benzene rings is 5. The van der Waals surface area contributed by atoms with Crippen LogP contribution in [-0.2, 0) is 33.0 Å². The molecule has 0 saturated carbocycles. The molecule has 5 aromatic rings. The Morgan fingerprint density at radius 2 is 1.49 bits per heavy atom. The van der Waals surface area contributed by atoms with E-state index in [1.807, 2.05) is 45.0 Å². The summed E-state index contributed by atoms with van der Waals surface area (Å²) >= 11 is 0. The third-order valence-corrected chi connectivity index (χ3v) is 14.4. The molecule has 3 heterocycles. The van der Waals surface area contributed by atoms with Crippen molar-refractivity contribution < 1.29 is 45.4 Å². The number of carbonyl (C=O) groups is 2. The Hall–Kier alpha value is -7.54. The molecule has 394 valence electrons. The summed E-state index contributed by atoms with van der Waals surface area (Å²) in [6.07, 6.45) is 1.06. The van der Waals surface area contributed by atoms with Gasteiger partial charge in [0.1, 0.15) is 29.2 Å². The van der Waals surface area contributed by atoms with Crippen molar-refractivity contribution in [3.05, 3.63) is 194 Å². The van der Waals surface area contributed by atoms with Crippen molar-refractivity contribution in [2.24, 2.45) is 0 Å². The quantitative estimate of drug-likeness (QED) is 0.0469. The number of rotatable bonds is 11. The maximum absolute atomic E-state index is 16.2. The van der Waals surface area contributed by atoms with Crippen molar-refractivity contribution >= 4 is 48.2 Å². The first kappa shape index (κ1) is 54.7. The van der Waals surface area contributed by atoms with Gasteiger partial charge in [0, 0.05) is 53.6 Å². The van der Waals surface area contributed by atoms with E-state index < -0.39 is 30.6 Å². The predicted octanol–water partition coefficient (Wildman–Crippen LogP) is 14.6. The van der Waals surface area contributed by atoms with Crippen LogP contribution in [0.2, 0.25) is 0 Å². The normalized spacial score (nSPS) is 15.8. The predicted molar refractivity (Wildman–Crippen MR) is 297 cm³/mol. The monoisotopic (exact) mass is 1030 g/mol. The molecule has 3 aliphatic rings. The molecule has 5 aromatic carbocycles. The minimum absolute atomic E-state index is 0.142. The number of hydrogen-bond donors (Lipinski definition) is 1. The molecule has 0 atom stereocenters. The van der Waals surface area contributed by atoms with Gasteiger partial charge >= 0.3 is 19.1 Å². The maximum Gasteiger partial charge on any atom is 0.732 e. The van der Waals surface area contributed by atoms with Gasteiger partial charge < -0.3 is 32.7 Å². The van der Waals surface area contributed by atoms with E-state index in [9.17, 15) is 22.8 Å². The van der Waals surface area contributed by atoms with Crippen LogP contribution >= 0.6 is 0 Å². The molecular formula is C63H65BF5N3O4. The molecule has 76 heavy (non-hydrogen) atoms. The largest absolute Gasteiger partial charge is 0.732 e. The number of nitrogens with zero attached hydrogens (tertiary/aromatic N) is 2. The standard InChI is InChI=1S/C63H65BF5N3O4/c1-14-48(34-50(43-31-45(61(8,9)10)33-46(32-43)62(11,12)13)39(6)53-36-72(37(3)4)64(68,69)71-29-28-38(5)59(53)71)75-56(73)30-41-20-26-47(27-21-41)70-60(74)51-35-52(42-22-24-44(25-23-42)63(65,66)67)58-49-18-16-17-19-55(49)76-54(15-2)57(58)40(51)7/h14,16-27,31-36H,1,7,15,28-30H2,2-6,8-13H3,(H,70,74)/b48-34+,50-39?. The fourth-order valence-corrected chi connectivity index (χ4v) is 10.1. The number of amides is 1. The molecule has 0 aliphatic carbocycles. The molecule has 0 fully saturated rings. The van der Waals surface area contributed by atoms with Gasteiger partial charge in [-0.25, -0.2) is 0 Å². The first-order chi connectivity index (χ1) is 35.6. The van der Waals surface area contributed by atoms with Gasteiger partial charge in [0.25, 0.3) is 5.91 Å². The molecule has 0 aromatic heterocycles. The third kappa shape index (κ3) is 10.8. The highest BCUT2D eigenvalue weighted by atomic mass is 19.4. The average Bonchev–Trinajstić information content (AvgIpc) is 3.76. The second kappa shape index (κ2) is 20.5. The number of hydrogen-bond acceptors (Lipinski definition) is 5. The van der Waals surface area contributed by atoms with Crippen molar-refractivity contribution in [1.82, 2.24) is 4.81 Å². The van der Waals surface area contributed by atoms with Crippen LogP contribution in [0.4, 0.5) is 27.5 Å². The van der Waals surface area contributed by atoms with Crippen molar-refractivity contribution in [2.45, 2.75) is 112 Å². The Labute approximate surface area is 442 Å². The molecule has 0 unspecified atom stereocenters. The topological polar surface area (TPSA) is 70.9 Å². The van der Waals surface area contributed by atoms with E-state index in [0.29, 0.717) is 85.3 Å². The summed E-state index contributed by atoms with van der Waals surface area (Å²) in [5.41, 5.74) is 9.23. The number of ether oxygens (including phenoxy) is 2. The van der Waals surface area contributed by atoms with Gasteiger partial charge in [0.05, 0.1) is 17.6 Å². The number of halogens is 5. The summed E-state index contributed by atoms with van der Waals surface area (Å²) in [5, 5.41) is 3.93. The van der Waals surface area contributed by atoms with Crippen LogP contribution in [0, 0.1) is 0 Å². The summed E-state index contributed by atoms with van der Waals surface area (Å²) in [4.78, 5) is 29.4. The second-order valence-electron chi connectivity index (χ2n) is 22.1. The van der Waals surface area contributed by atoms with E-state index in [2.05, 4.69) is 78.2 Å². The van der Waals surface area contributed by atoms with Gasteiger partial charge in [0.15, 0.2) is 0 Å². The van der Waals surface area contributed by atoms with Crippen molar-refractivity contribution in [3.8, 4) is 28.0 Å². The number of fused-ring (bicyclic) bond motifs is 4. The highest BCUT2D eigenvalue weighted by Gasteiger charge is 2.54. The molecule has 13 heteroatoms. The smallest absolute Gasteiger partial charge is 0.460 e. The van der Waals surface area contributed by atoms with Gasteiger partial charge in [0.2, 0.25) is 0 Å². The highest BCUT2D eigenvalue weighted by molar-refractivity contribution is 6.56. The van der Waals surface area contributed by atoms with Gasteiger partial charge in [-0.2, -0.15) is 13.2 Å². The van der Waals surface area contributed by atoms with Crippen molar-refractivity contribution in [1.29, 1.82) is 0 Å². The van der Waals surface area contributed by atoms with E-state index >= 15 is 8.63 Å². The minimum Gasteiger partial charge on any atom is -0.460 e. The summed E-state index contributed by atoms with van der Waals surface area (Å²) in [6.45, 7) is 26.4. The van der Waals surface area contributed by atoms with Gasteiger partial charge in [-0.05, 0) is 136 Å². The van der Waals surface area contributed by atoms with Crippen LogP contribution in [0.3, 0.4) is 0 Å². The number of anilines is 1. The lowest BCUT2D eigenvalue weighted by Crippen LogP contribution is -2.56. The molecule has 1 amide bonds. The van der Waals surface area contributed by atoms with E-state index in [-0.39, 0.29) is 35.1 Å². The second-order valence-corrected chi connectivity index (χ2v) is 22.1. The van der Waals surface area contributed by atoms with Crippen molar-refractivity contribution in [2.75, 3.05) is 11.9 Å². The average molecular weight is 1030 g/mol. The molecule has 1 N–H and O–H groups in total. The van der Waals surface area contributed by atoms with Crippen LogP contribution in [0.1, 0.15) is 127 Å². The number of carbonyl (C=O) groups excluding carboxylic acids is 2. The molecule has 8 rings (SSSR count). The summed E-state index contributed by atoms with van der Waals surface area (Å²) in [7, 11) is 0. The number of para-hydroxylation sites is 1. The lowest BCUT2D eigenvalue weighted by molar-refractivity contribution is -0.362. The fourth-order valence-electron chi connectivity index (χ4n) is 10.1. The van der Waals surface area contributed by atoms with Crippen LogP contribution in [0.5, 0.6) is 5.75 Å². The van der Waals surface area contributed by atoms with Crippen LogP contribution in [-0.4, -0.2) is 40.4 Å². The molecule has 7 nitrogen and oxygen atoms in total. The van der Waals surface area contributed by atoms with Crippen LogP contribution in [0.25, 0.3) is 40.2 Å². The molecule has 3 aliphatic heterocycles. The Morgan fingerprint density at radius 1 is 0.855 bits per heavy atom. The summed E-state index contributed by atoms with van der Waals surface area (Å²) in [6, 6.07) is 27.0. The van der Waals surface area contributed by atoms with Crippen LogP contribution < -0.4 is 20.5 Å². The fraction of sp³-hybridized carbons (Fsp3) is 0.286. The van der Waals surface area contributed by atoms with E-state index in [1.165, 1.54) is 23.0 Å². The third-order valence-electron chi connectivity index (χ3n) is 14.4. The molecule has 0 radical (unpaired) electrons.